The fraction of sp³-hybridized carbons (Fsp3) is 0.500. The van der Waals surface area contributed by atoms with Crippen molar-refractivity contribution in [1.29, 1.82) is 0 Å². The summed E-state index contributed by atoms with van der Waals surface area (Å²) in [6, 6.07) is 5.73. The van der Waals surface area contributed by atoms with Crippen molar-refractivity contribution >= 4 is 17.3 Å². The van der Waals surface area contributed by atoms with Crippen LogP contribution in [-0.2, 0) is 16.0 Å². The van der Waals surface area contributed by atoms with E-state index >= 15 is 0 Å². The molecule has 0 aliphatic heterocycles. The fourth-order valence-corrected chi connectivity index (χ4v) is 1.72. The molecule has 4 nitrogen and oxygen atoms in total. The normalized spacial score (nSPS) is 12.5. The van der Waals surface area contributed by atoms with Gasteiger partial charge in [-0.25, -0.2) is 0 Å². The van der Waals surface area contributed by atoms with Crippen molar-refractivity contribution in [3.05, 3.63) is 28.8 Å². The van der Waals surface area contributed by atoms with Crippen LogP contribution < -0.4 is 11.1 Å². The van der Waals surface area contributed by atoms with E-state index in [2.05, 4.69) is 5.32 Å². The average molecular weight is 259 g/mol. The Morgan fingerprint density at radius 2 is 2.18 bits per heavy atom. The maximum Gasteiger partial charge on any atom is 0.0976 e. The highest BCUT2D eigenvalue weighted by Gasteiger charge is 2.08. The minimum atomic E-state index is 0.00486. The van der Waals surface area contributed by atoms with E-state index in [1.165, 1.54) is 0 Å². The molecule has 17 heavy (non-hydrogen) atoms. The smallest absolute Gasteiger partial charge is 0.0976 e. The lowest BCUT2D eigenvalue weighted by Crippen LogP contribution is -2.26. The number of rotatable bonds is 7. The number of nitrogens with two attached hydrogens (primary N) is 1. The second kappa shape index (κ2) is 7.50. The Hall–Kier alpha value is -0.810. The first kappa shape index (κ1) is 14.3. The number of methoxy groups -OCH3 is 2. The second-order valence-corrected chi connectivity index (χ2v) is 4.12. The number of halogens is 1. The standard InChI is InChI=1S/C12H19ClN2O2/c1-16-8-10(17-2)7-15-12-4-3-9(6-14)5-11(12)13/h3-5,10,15H,6-8,14H2,1-2H3. The van der Waals surface area contributed by atoms with E-state index in [-0.39, 0.29) is 6.10 Å². The summed E-state index contributed by atoms with van der Waals surface area (Å²) < 4.78 is 10.3. The molecule has 0 amide bonds. The number of ether oxygens (including phenoxy) is 2. The van der Waals surface area contributed by atoms with Gasteiger partial charge in [-0.15, -0.1) is 0 Å². The van der Waals surface area contributed by atoms with Crippen LogP contribution >= 0.6 is 11.6 Å². The van der Waals surface area contributed by atoms with E-state index in [1.54, 1.807) is 14.2 Å². The van der Waals surface area contributed by atoms with Crippen molar-refractivity contribution in [1.82, 2.24) is 0 Å². The predicted molar refractivity (Wildman–Crippen MR) is 70.5 cm³/mol. The predicted octanol–water partition coefficient (Wildman–Crippen LogP) is 1.87. The highest BCUT2D eigenvalue weighted by molar-refractivity contribution is 6.33. The quantitative estimate of drug-likeness (QED) is 0.784. The Morgan fingerprint density at radius 3 is 2.71 bits per heavy atom. The van der Waals surface area contributed by atoms with Crippen molar-refractivity contribution in [2.24, 2.45) is 5.73 Å². The number of hydrogen-bond acceptors (Lipinski definition) is 4. The molecule has 0 radical (unpaired) electrons. The molecule has 96 valence electrons. The van der Waals surface area contributed by atoms with Crippen LogP contribution in [0, 0.1) is 0 Å². The fourth-order valence-electron chi connectivity index (χ4n) is 1.45. The lowest BCUT2D eigenvalue weighted by molar-refractivity contribution is 0.0365. The Kier molecular flexibility index (Phi) is 6.29. The largest absolute Gasteiger partial charge is 0.382 e. The Balaban J connectivity index is 2.56. The first-order chi connectivity index (χ1) is 8.21. The van der Waals surface area contributed by atoms with Crippen LogP contribution in [0.15, 0.2) is 18.2 Å². The van der Waals surface area contributed by atoms with Gasteiger partial charge >= 0.3 is 0 Å². The maximum absolute atomic E-state index is 6.12. The van der Waals surface area contributed by atoms with Gasteiger partial charge < -0.3 is 20.5 Å². The van der Waals surface area contributed by atoms with Crippen molar-refractivity contribution in [2.45, 2.75) is 12.6 Å². The number of benzene rings is 1. The zero-order chi connectivity index (χ0) is 12.7. The molecule has 0 aromatic heterocycles. The van der Waals surface area contributed by atoms with Crippen LogP contribution in [0.4, 0.5) is 5.69 Å². The van der Waals surface area contributed by atoms with Gasteiger partial charge in [0.25, 0.3) is 0 Å². The molecule has 0 aliphatic rings. The van der Waals surface area contributed by atoms with Crippen molar-refractivity contribution in [3.8, 4) is 0 Å². The molecule has 0 heterocycles. The summed E-state index contributed by atoms with van der Waals surface area (Å²) in [5.74, 6) is 0. The molecule has 1 unspecified atom stereocenters. The molecule has 0 fully saturated rings. The maximum atomic E-state index is 6.12. The summed E-state index contributed by atoms with van der Waals surface area (Å²) in [6.45, 7) is 1.68. The van der Waals surface area contributed by atoms with Crippen LogP contribution in [0.2, 0.25) is 5.02 Å². The lowest BCUT2D eigenvalue weighted by Gasteiger charge is -2.16. The zero-order valence-corrected chi connectivity index (χ0v) is 11.0. The molecule has 1 aromatic rings. The van der Waals surface area contributed by atoms with Crippen LogP contribution in [-0.4, -0.2) is 33.5 Å². The molecule has 0 aliphatic carbocycles. The summed E-state index contributed by atoms with van der Waals surface area (Å²) in [5.41, 5.74) is 7.43. The van der Waals surface area contributed by atoms with E-state index < -0.39 is 0 Å². The molecule has 0 spiro atoms. The van der Waals surface area contributed by atoms with Crippen molar-refractivity contribution < 1.29 is 9.47 Å². The third-order valence-electron chi connectivity index (χ3n) is 2.48. The van der Waals surface area contributed by atoms with Crippen LogP contribution in [0.3, 0.4) is 0 Å². The van der Waals surface area contributed by atoms with Gasteiger partial charge in [0, 0.05) is 27.3 Å². The number of anilines is 1. The number of hydrogen-bond donors (Lipinski definition) is 2. The van der Waals surface area contributed by atoms with Crippen LogP contribution in [0.5, 0.6) is 0 Å². The monoisotopic (exact) mass is 258 g/mol. The highest BCUT2D eigenvalue weighted by Crippen LogP contribution is 2.22. The van der Waals surface area contributed by atoms with E-state index in [4.69, 9.17) is 26.8 Å². The molecule has 0 saturated carbocycles. The van der Waals surface area contributed by atoms with E-state index in [0.29, 0.717) is 24.7 Å². The van der Waals surface area contributed by atoms with Gasteiger partial charge in [0.1, 0.15) is 0 Å². The third-order valence-corrected chi connectivity index (χ3v) is 2.79. The first-order valence-corrected chi connectivity index (χ1v) is 5.83. The zero-order valence-electron chi connectivity index (χ0n) is 10.2. The SMILES string of the molecule is COCC(CNc1ccc(CN)cc1Cl)OC. The second-order valence-electron chi connectivity index (χ2n) is 3.71. The van der Waals surface area contributed by atoms with E-state index in [0.717, 1.165) is 11.3 Å². The first-order valence-electron chi connectivity index (χ1n) is 5.45. The van der Waals surface area contributed by atoms with Gasteiger partial charge in [-0.2, -0.15) is 0 Å². The molecule has 0 bridgehead atoms. The van der Waals surface area contributed by atoms with Crippen LogP contribution in [0.25, 0.3) is 0 Å². The van der Waals surface area contributed by atoms with E-state index in [9.17, 15) is 0 Å². The lowest BCUT2D eigenvalue weighted by atomic mass is 10.2. The van der Waals surface area contributed by atoms with Gasteiger partial charge in [-0.05, 0) is 17.7 Å². The van der Waals surface area contributed by atoms with Gasteiger partial charge in [0.15, 0.2) is 0 Å². The third kappa shape index (κ3) is 4.52. The summed E-state index contributed by atoms with van der Waals surface area (Å²) in [4.78, 5) is 0. The highest BCUT2D eigenvalue weighted by atomic mass is 35.5. The summed E-state index contributed by atoms with van der Waals surface area (Å²) >= 11 is 6.12. The van der Waals surface area contributed by atoms with E-state index in [1.807, 2.05) is 18.2 Å². The molecule has 3 N–H and O–H groups in total. The van der Waals surface area contributed by atoms with Gasteiger partial charge in [0.05, 0.1) is 23.4 Å². The average Bonchev–Trinajstić information content (AvgIpc) is 2.35. The Bertz CT molecular complexity index is 347. The molecule has 1 atom stereocenters. The topological polar surface area (TPSA) is 56.5 Å². The summed E-state index contributed by atoms with van der Waals surface area (Å²) in [5, 5.41) is 3.89. The molecular weight excluding hydrogens is 240 g/mol. The van der Waals surface area contributed by atoms with Crippen molar-refractivity contribution in [3.63, 3.8) is 0 Å². The number of nitrogens with one attached hydrogen (secondary N) is 1. The molecule has 1 rings (SSSR count). The summed E-state index contributed by atoms with van der Waals surface area (Å²) in [6.07, 6.45) is 0.00486. The molecule has 0 saturated heterocycles. The molecule has 1 aromatic carbocycles. The van der Waals surface area contributed by atoms with Gasteiger partial charge in [-0.1, -0.05) is 17.7 Å². The van der Waals surface area contributed by atoms with Crippen LogP contribution in [0.1, 0.15) is 5.56 Å². The minimum Gasteiger partial charge on any atom is -0.382 e. The summed E-state index contributed by atoms with van der Waals surface area (Å²) in [7, 11) is 3.31. The van der Waals surface area contributed by atoms with Gasteiger partial charge in [0.2, 0.25) is 0 Å². The molecular formula is C12H19ClN2O2. The van der Waals surface area contributed by atoms with Crippen molar-refractivity contribution in [2.75, 3.05) is 32.7 Å². The Labute approximate surface area is 107 Å². The van der Waals surface area contributed by atoms with Gasteiger partial charge in [-0.3, -0.25) is 0 Å². The molecule has 5 heteroatoms. The Morgan fingerprint density at radius 1 is 1.41 bits per heavy atom. The minimum absolute atomic E-state index is 0.00486.